The van der Waals surface area contributed by atoms with Crippen molar-refractivity contribution in [3.8, 4) is 0 Å². The van der Waals surface area contributed by atoms with Crippen molar-refractivity contribution in [3.63, 3.8) is 0 Å². The third-order valence-corrected chi connectivity index (χ3v) is 2.75. The summed E-state index contributed by atoms with van der Waals surface area (Å²) >= 11 is 0. The molecule has 1 saturated heterocycles. The summed E-state index contributed by atoms with van der Waals surface area (Å²) in [4.78, 5) is 4.31. The molecule has 0 radical (unpaired) electrons. The Labute approximate surface area is 96.0 Å². The molecule has 1 aliphatic rings. The molecule has 2 rings (SSSR count). The minimum absolute atomic E-state index is 0.257. The number of ether oxygens (including phenoxy) is 2. The Kier molecular flexibility index (Phi) is 4.27. The van der Waals surface area contributed by atoms with E-state index in [1.54, 1.807) is 0 Å². The van der Waals surface area contributed by atoms with Crippen LogP contribution in [0.3, 0.4) is 0 Å². The summed E-state index contributed by atoms with van der Waals surface area (Å²) in [6.07, 6.45) is 3.04. The van der Waals surface area contributed by atoms with Gasteiger partial charge >= 0.3 is 0 Å². The summed E-state index contributed by atoms with van der Waals surface area (Å²) < 4.78 is 10.6. The summed E-state index contributed by atoms with van der Waals surface area (Å²) in [5.74, 6) is 0. The summed E-state index contributed by atoms with van der Waals surface area (Å²) in [7, 11) is 0. The summed E-state index contributed by atoms with van der Waals surface area (Å²) in [5, 5.41) is 3.43. The van der Waals surface area contributed by atoms with Gasteiger partial charge in [-0.25, -0.2) is 0 Å². The van der Waals surface area contributed by atoms with Crippen molar-refractivity contribution in [2.24, 2.45) is 0 Å². The van der Waals surface area contributed by atoms with Gasteiger partial charge < -0.3 is 14.8 Å². The van der Waals surface area contributed by atoms with Crippen LogP contribution in [0.5, 0.6) is 0 Å². The molecule has 16 heavy (non-hydrogen) atoms. The van der Waals surface area contributed by atoms with Crippen LogP contribution in [0.25, 0.3) is 0 Å². The van der Waals surface area contributed by atoms with E-state index >= 15 is 0 Å². The molecule has 2 heterocycles. The molecule has 2 atom stereocenters. The van der Waals surface area contributed by atoms with Crippen LogP contribution in [-0.2, 0) is 9.47 Å². The maximum absolute atomic E-state index is 5.46. The summed E-state index contributed by atoms with van der Waals surface area (Å²) in [6, 6.07) is 6.22. The van der Waals surface area contributed by atoms with Crippen LogP contribution in [0, 0.1) is 0 Å². The maximum atomic E-state index is 5.46. The van der Waals surface area contributed by atoms with Gasteiger partial charge in [0.15, 0.2) is 0 Å². The molecule has 0 spiro atoms. The predicted molar refractivity (Wildman–Crippen MR) is 61.0 cm³/mol. The first-order chi connectivity index (χ1) is 7.86. The van der Waals surface area contributed by atoms with Crippen molar-refractivity contribution in [3.05, 3.63) is 30.1 Å². The molecule has 1 aromatic heterocycles. The first kappa shape index (κ1) is 11.5. The molecule has 0 saturated carbocycles. The molecule has 1 N–H and O–H groups in total. The number of pyridine rings is 1. The van der Waals surface area contributed by atoms with Gasteiger partial charge in [0, 0.05) is 18.8 Å². The fourth-order valence-corrected chi connectivity index (χ4v) is 1.71. The zero-order chi connectivity index (χ0) is 11.2. The quantitative estimate of drug-likeness (QED) is 0.838. The highest BCUT2D eigenvalue weighted by Crippen LogP contribution is 2.10. The summed E-state index contributed by atoms with van der Waals surface area (Å²) in [5.41, 5.74) is 1.06. The zero-order valence-electron chi connectivity index (χ0n) is 9.56. The van der Waals surface area contributed by atoms with Crippen LogP contribution in [0.4, 0.5) is 0 Å². The van der Waals surface area contributed by atoms with E-state index in [1.807, 2.05) is 24.4 Å². The standard InChI is InChI=1S/C12H18N2O2/c1-10(12-4-2-3-6-13-12)14-8-11-5-7-15-9-16-11/h2-4,6,10-11,14H,5,7-9H2,1H3. The first-order valence-corrected chi connectivity index (χ1v) is 5.70. The van der Waals surface area contributed by atoms with Gasteiger partial charge in [0.05, 0.1) is 18.4 Å². The fraction of sp³-hybridized carbons (Fsp3) is 0.583. The van der Waals surface area contributed by atoms with Gasteiger partial charge in [0.25, 0.3) is 0 Å². The Morgan fingerprint density at radius 2 is 2.50 bits per heavy atom. The molecule has 0 aliphatic carbocycles. The van der Waals surface area contributed by atoms with Crippen molar-refractivity contribution in [1.82, 2.24) is 10.3 Å². The SMILES string of the molecule is CC(NCC1CCOCO1)c1ccccn1. The topological polar surface area (TPSA) is 43.4 Å². The lowest BCUT2D eigenvalue weighted by Crippen LogP contribution is -2.35. The number of rotatable bonds is 4. The lowest BCUT2D eigenvalue weighted by molar-refractivity contribution is -0.137. The highest BCUT2D eigenvalue weighted by atomic mass is 16.7. The van der Waals surface area contributed by atoms with Gasteiger partial charge in [-0.3, -0.25) is 4.98 Å². The van der Waals surface area contributed by atoms with Crippen molar-refractivity contribution >= 4 is 0 Å². The Bertz CT molecular complexity index is 299. The zero-order valence-corrected chi connectivity index (χ0v) is 9.56. The predicted octanol–water partition coefficient (Wildman–Crippen LogP) is 1.50. The lowest BCUT2D eigenvalue weighted by Gasteiger charge is -2.24. The second-order valence-corrected chi connectivity index (χ2v) is 3.99. The third kappa shape index (κ3) is 3.27. The Morgan fingerprint density at radius 1 is 1.56 bits per heavy atom. The van der Waals surface area contributed by atoms with E-state index in [9.17, 15) is 0 Å². The fourth-order valence-electron chi connectivity index (χ4n) is 1.71. The largest absolute Gasteiger partial charge is 0.355 e. The van der Waals surface area contributed by atoms with Gasteiger partial charge in [-0.15, -0.1) is 0 Å². The molecule has 1 aromatic rings. The highest BCUT2D eigenvalue weighted by molar-refractivity contribution is 5.07. The molecular formula is C12H18N2O2. The maximum Gasteiger partial charge on any atom is 0.147 e. The van der Waals surface area contributed by atoms with E-state index < -0.39 is 0 Å². The van der Waals surface area contributed by atoms with E-state index in [4.69, 9.17) is 9.47 Å². The van der Waals surface area contributed by atoms with Crippen LogP contribution in [-0.4, -0.2) is 31.0 Å². The molecule has 0 bridgehead atoms. The smallest absolute Gasteiger partial charge is 0.147 e. The van der Waals surface area contributed by atoms with E-state index in [-0.39, 0.29) is 12.1 Å². The van der Waals surface area contributed by atoms with Gasteiger partial charge in [-0.2, -0.15) is 0 Å². The number of aromatic nitrogens is 1. The van der Waals surface area contributed by atoms with Crippen LogP contribution in [0.2, 0.25) is 0 Å². The second kappa shape index (κ2) is 5.94. The average Bonchev–Trinajstić information content (AvgIpc) is 2.38. The lowest BCUT2D eigenvalue weighted by atomic mass is 10.2. The van der Waals surface area contributed by atoms with Crippen molar-refractivity contribution in [2.75, 3.05) is 19.9 Å². The van der Waals surface area contributed by atoms with Crippen LogP contribution in [0.1, 0.15) is 25.1 Å². The average molecular weight is 222 g/mol. The molecule has 0 amide bonds. The third-order valence-electron chi connectivity index (χ3n) is 2.75. The molecule has 2 unspecified atom stereocenters. The normalized spacial score (nSPS) is 22.9. The number of hydrogen-bond acceptors (Lipinski definition) is 4. The van der Waals surface area contributed by atoms with Crippen LogP contribution < -0.4 is 5.32 Å². The van der Waals surface area contributed by atoms with Crippen molar-refractivity contribution < 1.29 is 9.47 Å². The molecule has 1 aliphatic heterocycles. The second-order valence-electron chi connectivity index (χ2n) is 3.99. The number of nitrogens with one attached hydrogen (secondary N) is 1. The molecule has 88 valence electrons. The van der Waals surface area contributed by atoms with Gasteiger partial charge in [0.2, 0.25) is 0 Å². The Morgan fingerprint density at radius 3 is 3.19 bits per heavy atom. The van der Waals surface area contributed by atoms with Crippen LogP contribution in [0.15, 0.2) is 24.4 Å². The van der Waals surface area contributed by atoms with Gasteiger partial charge in [0.1, 0.15) is 6.79 Å². The van der Waals surface area contributed by atoms with E-state index in [0.29, 0.717) is 6.79 Å². The molecule has 4 nitrogen and oxygen atoms in total. The number of nitrogens with zero attached hydrogens (tertiary/aromatic N) is 1. The Balaban J connectivity index is 1.77. The van der Waals surface area contributed by atoms with E-state index in [2.05, 4.69) is 17.2 Å². The van der Waals surface area contributed by atoms with Crippen LogP contribution >= 0.6 is 0 Å². The van der Waals surface area contributed by atoms with Crippen molar-refractivity contribution in [2.45, 2.75) is 25.5 Å². The van der Waals surface area contributed by atoms with E-state index in [1.165, 1.54) is 0 Å². The molecule has 1 fully saturated rings. The van der Waals surface area contributed by atoms with Gasteiger partial charge in [-0.05, 0) is 25.5 Å². The first-order valence-electron chi connectivity index (χ1n) is 5.70. The molecule has 0 aromatic carbocycles. The van der Waals surface area contributed by atoms with Gasteiger partial charge in [-0.1, -0.05) is 6.07 Å². The monoisotopic (exact) mass is 222 g/mol. The molecule has 4 heteroatoms. The minimum Gasteiger partial charge on any atom is -0.355 e. The van der Waals surface area contributed by atoms with E-state index in [0.717, 1.165) is 25.3 Å². The number of hydrogen-bond donors (Lipinski definition) is 1. The molecular weight excluding hydrogens is 204 g/mol. The van der Waals surface area contributed by atoms with Crippen molar-refractivity contribution in [1.29, 1.82) is 0 Å². The summed E-state index contributed by atoms with van der Waals surface area (Å²) in [6.45, 7) is 4.18. The highest BCUT2D eigenvalue weighted by Gasteiger charge is 2.15. The minimum atomic E-state index is 0.257. The Hall–Kier alpha value is -0.970.